The Morgan fingerprint density at radius 1 is 1.17 bits per heavy atom. The molecule has 0 saturated carbocycles. The summed E-state index contributed by atoms with van der Waals surface area (Å²) in [5, 5.41) is 11.6. The predicted octanol–water partition coefficient (Wildman–Crippen LogP) is 3.77. The normalized spacial score (nSPS) is 10.7. The molecule has 0 amide bonds. The van der Waals surface area contributed by atoms with Crippen LogP contribution < -0.4 is 10.4 Å². The molecule has 0 aliphatic carbocycles. The molecule has 2 aromatic carbocycles. The zero-order valence-corrected chi connectivity index (χ0v) is 12.3. The van der Waals surface area contributed by atoms with Crippen molar-refractivity contribution in [2.75, 3.05) is 6.61 Å². The molecule has 0 saturated heterocycles. The summed E-state index contributed by atoms with van der Waals surface area (Å²) >= 11 is 0. The van der Waals surface area contributed by atoms with Gasteiger partial charge in [0.2, 0.25) is 0 Å². The third-order valence-corrected chi connectivity index (χ3v) is 3.39. The fourth-order valence-corrected chi connectivity index (χ4v) is 2.43. The maximum atomic E-state index is 11.8. The Kier molecular flexibility index (Phi) is 3.80. The van der Waals surface area contributed by atoms with Crippen molar-refractivity contribution < 1.29 is 14.1 Å². The van der Waals surface area contributed by atoms with E-state index in [2.05, 4.69) is 0 Å². The van der Waals surface area contributed by atoms with Gasteiger partial charge in [-0.05, 0) is 24.6 Å². The van der Waals surface area contributed by atoms with Crippen molar-refractivity contribution in [3.8, 4) is 16.9 Å². The minimum Gasteiger partial charge on any atom is -0.494 e. The SMILES string of the molecule is CCOc1ccc2c(-c3cccc([N+](=O)[O-])c3)cc(=O)oc2c1. The van der Waals surface area contributed by atoms with E-state index in [1.807, 2.05) is 6.92 Å². The molecule has 0 fully saturated rings. The van der Waals surface area contributed by atoms with Crippen LogP contribution in [0.5, 0.6) is 5.75 Å². The molecule has 116 valence electrons. The first-order chi connectivity index (χ1) is 11.1. The second-order valence-electron chi connectivity index (χ2n) is 4.88. The van der Waals surface area contributed by atoms with Crippen LogP contribution in [0.25, 0.3) is 22.1 Å². The number of fused-ring (bicyclic) bond motifs is 1. The van der Waals surface area contributed by atoms with Gasteiger partial charge in [-0.3, -0.25) is 10.1 Å². The van der Waals surface area contributed by atoms with Crippen molar-refractivity contribution in [3.63, 3.8) is 0 Å². The average Bonchev–Trinajstić information content (AvgIpc) is 2.54. The van der Waals surface area contributed by atoms with E-state index in [9.17, 15) is 14.9 Å². The lowest BCUT2D eigenvalue weighted by atomic mass is 10.0. The Morgan fingerprint density at radius 2 is 2.00 bits per heavy atom. The van der Waals surface area contributed by atoms with Crippen molar-refractivity contribution in [1.82, 2.24) is 0 Å². The third-order valence-electron chi connectivity index (χ3n) is 3.39. The van der Waals surface area contributed by atoms with Gasteiger partial charge in [-0.2, -0.15) is 0 Å². The van der Waals surface area contributed by atoms with Crippen LogP contribution in [0, 0.1) is 10.1 Å². The standard InChI is InChI=1S/C17H13NO5/c1-2-22-13-6-7-14-15(10-17(19)23-16(14)9-13)11-4-3-5-12(8-11)18(20)21/h3-10H,2H2,1H3. The molecule has 6 heteroatoms. The molecule has 0 atom stereocenters. The molecule has 3 rings (SSSR count). The molecule has 0 aliphatic rings. The molecular weight excluding hydrogens is 298 g/mol. The van der Waals surface area contributed by atoms with E-state index in [-0.39, 0.29) is 5.69 Å². The minimum absolute atomic E-state index is 0.0326. The van der Waals surface area contributed by atoms with Crippen molar-refractivity contribution >= 4 is 16.7 Å². The van der Waals surface area contributed by atoms with Crippen molar-refractivity contribution in [2.45, 2.75) is 6.92 Å². The molecular formula is C17H13NO5. The minimum atomic E-state index is -0.521. The van der Waals surface area contributed by atoms with Crippen LogP contribution in [-0.4, -0.2) is 11.5 Å². The Labute approximate surface area is 131 Å². The molecule has 0 unspecified atom stereocenters. The molecule has 3 aromatic rings. The van der Waals surface area contributed by atoms with Gasteiger partial charge in [-0.25, -0.2) is 4.79 Å². The van der Waals surface area contributed by atoms with Crippen LogP contribution in [0.4, 0.5) is 5.69 Å². The number of rotatable bonds is 4. The second kappa shape index (κ2) is 5.92. The maximum absolute atomic E-state index is 11.8. The Hall–Kier alpha value is -3.15. The summed E-state index contributed by atoms with van der Waals surface area (Å²) in [5.74, 6) is 0.597. The van der Waals surface area contributed by atoms with E-state index in [1.54, 1.807) is 30.3 Å². The lowest BCUT2D eigenvalue weighted by molar-refractivity contribution is -0.384. The van der Waals surface area contributed by atoms with Gasteiger partial charge in [0.1, 0.15) is 11.3 Å². The zero-order chi connectivity index (χ0) is 16.4. The zero-order valence-electron chi connectivity index (χ0n) is 12.3. The quantitative estimate of drug-likeness (QED) is 0.416. The second-order valence-corrected chi connectivity index (χ2v) is 4.88. The Bertz CT molecular complexity index is 945. The van der Waals surface area contributed by atoms with Crippen molar-refractivity contribution in [2.24, 2.45) is 0 Å². The highest BCUT2D eigenvalue weighted by Gasteiger charge is 2.12. The highest BCUT2D eigenvalue weighted by molar-refractivity contribution is 5.94. The van der Waals surface area contributed by atoms with E-state index >= 15 is 0 Å². The summed E-state index contributed by atoms with van der Waals surface area (Å²) in [6.07, 6.45) is 0. The number of non-ortho nitro benzene ring substituents is 1. The van der Waals surface area contributed by atoms with Gasteiger partial charge in [-0.15, -0.1) is 0 Å². The highest BCUT2D eigenvalue weighted by atomic mass is 16.6. The summed E-state index contributed by atoms with van der Waals surface area (Å²) in [7, 11) is 0. The molecule has 0 bridgehead atoms. The molecule has 0 N–H and O–H groups in total. The predicted molar refractivity (Wildman–Crippen MR) is 85.7 cm³/mol. The first kappa shape index (κ1) is 14.8. The molecule has 0 spiro atoms. The number of hydrogen-bond acceptors (Lipinski definition) is 5. The third kappa shape index (κ3) is 2.91. The smallest absolute Gasteiger partial charge is 0.336 e. The van der Waals surface area contributed by atoms with Crippen LogP contribution >= 0.6 is 0 Å². The molecule has 1 heterocycles. The maximum Gasteiger partial charge on any atom is 0.336 e. The number of benzene rings is 2. The largest absolute Gasteiger partial charge is 0.494 e. The van der Waals surface area contributed by atoms with E-state index in [4.69, 9.17) is 9.15 Å². The van der Waals surface area contributed by atoms with Crippen LogP contribution in [0.15, 0.2) is 57.7 Å². The van der Waals surface area contributed by atoms with Crippen molar-refractivity contribution in [1.29, 1.82) is 0 Å². The van der Waals surface area contributed by atoms with Gasteiger partial charge >= 0.3 is 5.63 Å². The Morgan fingerprint density at radius 3 is 2.74 bits per heavy atom. The van der Waals surface area contributed by atoms with Gasteiger partial charge < -0.3 is 9.15 Å². The number of ether oxygens (including phenoxy) is 1. The number of nitrogens with zero attached hydrogens (tertiary/aromatic N) is 1. The van der Waals surface area contributed by atoms with Crippen LogP contribution in [0.1, 0.15) is 6.92 Å². The van der Waals surface area contributed by atoms with Crippen LogP contribution in [0.2, 0.25) is 0 Å². The van der Waals surface area contributed by atoms with E-state index in [0.29, 0.717) is 34.5 Å². The van der Waals surface area contributed by atoms with Gasteiger partial charge in [0.15, 0.2) is 0 Å². The van der Waals surface area contributed by atoms with E-state index < -0.39 is 10.5 Å². The van der Waals surface area contributed by atoms with Crippen LogP contribution in [0.3, 0.4) is 0 Å². The summed E-state index contributed by atoms with van der Waals surface area (Å²) in [4.78, 5) is 22.3. The molecule has 1 aromatic heterocycles. The number of nitro groups is 1. The summed E-state index contributed by atoms with van der Waals surface area (Å²) in [6, 6.07) is 12.7. The van der Waals surface area contributed by atoms with E-state index in [0.717, 1.165) is 0 Å². The molecule has 0 aliphatic heterocycles. The summed E-state index contributed by atoms with van der Waals surface area (Å²) < 4.78 is 10.6. The Balaban J connectivity index is 2.23. The lowest BCUT2D eigenvalue weighted by Gasteiger charge is -2.08. The summed E-state index contributed by atoms with van der Waals surface area (Å²) in [6.45, 7) is 2.36. The molecule has 6 nitrogen and oxygen atoms in total. The fourth-order valence-electron chi connectivity index (χ4n) is 2.43. The van der Waals surface area contributed by atoms with Crippen molar-refractivity contribution in [3.05, 3.63) is 69.1 Å². The van der Waals surface area contributed by atoms with Gasteiger partial charge in [-0.1, -0.05) is 12.1 Å². The number of nitro benzene ring substituents is 1. The van der Waals surface area contributed by atoms with E-state index in [1.165, 1.54) is 18.2 Å². The summed E-state index contributed by atoms with van der Waals surface area (Å²) in [5.41, 5.74) is 0.997. The number of hydrogen-bond donors (Lipinski definition) is 0. The lowest BCUT2D eigenvalue weighted by Crippen LogP contribution is -1.99. The van der Waals surface area contributed by atoms with Gasteiger partial charge in [0, 0.05) is 35.2 Å². The fraction of sp³-hybridized carbons (Fsp3) is 0.118. The first-order valence-electron chi connectivity index (χ1n) is 7.04. The topological polar surface area (TPSA) is 82.6 Å². The van der Waals surface area contributed by atoms with Gasteiger partial charge in [0.25, 0.3) is 5.69 Å². The first-order valence-corrected chi connectivity index (χ1v) is 7.04. The van der Waals surface area contributed by atoms with Crippen LogP contribution in [-0.2, 0) is 0 Å². The molecule has 23 heavy (non-hydrogen) atoms. The highest BCUT2D eigenvalue weighted by Crippen LogP contribution is 2.31. The van der Waals surface area contributed by atoms with Gasteiger partial charge in [0.05, 0.1) is 11.5 Å². The average molecular weight is 311 g/mol. The monoisotopic (exact) mass is 311 g/mol. The molecule has 0 radical (unpaired) electrons.